The molecule has 94 valence electrons. The van der Waals surface area contributed by atoms with Gasteiger partial charge in [-0.05, 0) is 24.5 Å². The van der Waals surface area contributed by atoms with Crippen molar-refractivity contribution < 1.29 is 17.6 Å². The molecule has 0 aromatic heterocycles. The molecule has 1 aliphatic rings. The van der Waals surface area contributed by atoms with Crippen molar-refractivity contribution >= 4 is 0 Å². The highest BCUT2D eigenvalue weighted by Crippen LogP contribution is 2.38. The Morgan fingerprint density at radius 1 is 1.29 bits per heavy atom. The first-order chi connectivity index (χ1) is 7.88. The van der Waals surface area contributed by atoms with E-state index in [1.54, 1.807) is 0 Å². The van der Waals surface area contributed by atoms with E-state index in [1.807, 2.05) is 0 Å². The number of rotatable bonds is 3. The van der Waals surface area contributed by atoms with Gasteiger partial charge >= 0.3 is 6.18 Å². The second-order valence-corrected chi connectivity index (χ2v) is 4.52. The Balaban J connectivity index is 2.18. The summed E-state index contributed by atoms with van der Waals surface area (Å²) in [7, 11) is 0. The van der Waals surface area contributed by atoms with E-state index < -0.39 is 23.6 Å². The Morgan fingerprint density at radius 2 is 1.94 bits per heavy atom. The van der Waals surface area contributed by atoms with Gasteiger partial charge in [-0.3, -0.25) is 0 Å². The van der Waals surface area contributed by atoms with Gasteiger partial charge in [0, 0.05) is 11.6 Å². The molecule has 0 saturated heterocycles. The third-order valence-corrected chi connectivity index (χ3v) is 3.01. The smallest absolute Gasteiger partial charge is 0.324 e. The fourth-order valence-electron chi connectivity index (χ4n) is 1.84. The lowest BCUT2D eigenvalue weighted by atomic mass is 10.00. The van der Waals surface area contributed by atoms with Gasteiger partial charge in [-0.1, -0.05) is 18.9 Å². The van der Waals surface area contributed by atoms with Gasteiger partial charge in [0.05, 0.1) is 5.56 Å². The molecular formula is C12H13F4N. The van der Waals surface area contributed by atoms with Crippen LogP contribution in [0.5, 0.6) is 0 Å². The van der Waals surface area contributed by atoms with Crippen molar-refractivity contribution in [3.63, 3.8) is 0 Å². The van der Waals surface area contributed by atoms with Gasteiger partial charge < -0.3 is 5.73 Å². The molecule has 0 heterocycles. The molecule has 0 radical (unpaired) electrons. The van der Waals surface area contributed by atoms with E-state index in [9.17, 15) is 17.6 Å². The van der Waals surface area contributed by atoms with E-state index in [2.05, 4.69) is 0 Å². The van der Waals surface area contributed by atoms with E-state index >= 15 is 0 Å². The van der Waals surface area contributed by atoms with Crippen LogP contribution in [-0.4, -0.2) is 0 Å². The van der Waals surface area contributed by atoms with Crippen LogP contribution in [0.25, 0.3) is 0 Å². The molecule has 0 aliphatic heterocycles. The van der Waals surface area contributed by atoms with Gasteiger partial charge in [0.15, 0.2) is 0 Å². The standard InChI is InChI=1S/C12H13F4N/c13-10-6-8(12(14,15)16)3-4-9(10)11(17)5-7-1-2-7/h3-4,6-7,11H,1-2,5,17H2/t11-/m0/s1. The van der Waals surface area contributed by atoms with Crippen molar-refractivity contribution in [2.45, 2.75) is 31.5 Å². The van der Waals surface area contributed by atoms with Crippen LogP contribution in [0, 0.1) is 11.7 Å². The second kappa shape index (κ2) is 4.29. The van der Waals surface area contributed by atoms with E-state index in [-0.39, 0.29) is 5.56 Å². The maximum atomic E-state index is 13.5. The highest BCUT2D eigenvalue weighted by molar-refractivity contribution is 5.28. The Labute approximate surface area is 96.6 Å². The SMILES string of the molecule is N[C@@H](CC1CC1)c1ccc(C(F)(F)F)cc1F. The molecule has 2 rings (SSSR count). The molecule has 1 aromatic rings. The van der Waals surface area contributed by atoms with Gasteiger partial charge in [0.1, 0.15) is 5.82 Å². The van der Waals surface area contributed by atoms with Gasteiger partial charge in [-0.15, -0.1) is 0 Å². The van der Waals surface area contributed by atoms with E-state index in [4.69, 9.17) is 5.73 Å². The zero-order valence-electron chi connectivity index (χ0n) is 9.10. The van der Waals surface area contributed by atoms with E-state index in [1.165, 1.54) is 0 Å². The molecule has 2 N–H and O–H groups in total. The predicted molar refractivity (Wildman–Crippen MR) is 55.7 cm³/mol. The average Bonchev–Trinajstić information content (AvgIpc) is 2.99. The zero-order valence-corrected chi connectivity index (χ0v) is 9.10. The molecule has 1 fully saturated rings. The molecule has 5 heteroatoms. The normalized spacial score (nSPS) is 18.2. The number of hydrogen-bond donors (Lipinski definition) is 1. The molecule has 1 nitrogen and oxygen atoms in total. The summed E-state index contributed by atoms with van der Waals surface area (Å²) in [6.07, 6.45) is -1.71. The Kier molecular flexibility index (Phi) is 3.12. The monoisotopic (exact) mass is 247 g/mol. The summed E-state index contributed by atoms with van der Waals surface area (Å²) in [4.78, 5) is 0. The second-order valence-electron chi connectivity index (χ2n) is 4.52. The summed E-state index contributed by atoms with van der Waals surface area (Å²) in [6.45, 7) is 0. The molecule has 0 spiro atoms. The fraction of sp³-hybridized carbons (Fsp3) is 0.500. The zero-order chi connectivity index (χ0) is 12.6. The minimum Gasteiger partial charge on any atom is -0.324 e. The number of benzene rings is 1. The summed E-state index contributed by atoms with van der Waals surface area (Å²) < 4.78 is 50.5. The lowest BCUT2D eigenvalue weighted by molar-refractivity contribution is -0.137. The molecular weight excluding hydrogens is 234 g/mol. The van der Waals surface area contributed by atoms with Crippen LogP contribution in [0.4, 0.5) is 17.6 Å². The number of halogens is 4. The lowest BCUT2D eigenvalue weighted by Gasteiger charge is -2.14. The van der Waals surface area contributed by atoms with Crippen molar-refractivity contribution in [3.8, 4) is 0 Å². The van der Waals surface area contributed by atoms with Crippen LogP contribution in [0.3, 0.4) is 0 Å². The summed E-state index contributed by atoms with van der Waals surface area (Å²) in [5.74, 6) is -0.361. The molecule has 0 amide bonds. The summed E-state index contributed by atoms with van der Waals surface area (Å²) in [5, 5.41) is 0. The summed E-state index contributed by atoms with van der Waals surface area (Å²) >= 11 is 0. The quantitative estimate of drug-likeness (QED) is 0.811. The third-order valence-electron chi connectivity index (χ3n) is 3.01. The van der Waals surface area contributed by atoms with Gasteiger partial charge in [0.2, 0.25) is 0 Å². The maximum Gasteiger partial charge on any atom is 0.416 e. The first-order valence-electron chi connectivity index (χ1n) is 5.50. The van der Waals surface area contributed by atoms with E-state index in [0.29, 0.717) is 18.4 Å². The van der Waals surface area contributed by atoms with Gasteiger partial charge in [-0.25, -0.2) is 4.39 Å². The van der Waals surface area contributed by atoms with E-state index in [0.717, 1.165) is 25.0 Å². The first kappa shape index (κ1) is 12.4. The van der Waals surface area contributed by atoms with Crippen molar-refractivity contribution in [2.75, 3.05) is 0 Å². The molecule has 1 atom stereocenters. The topological polar surface area (TPSA) is 26.0 Å². The van der Waals surface area contributed by atoms with Crippen molar-refractivity contribution in [1.82, 2.24) is 0 Å². The van der Waals surface area contributed by atoms with Gasteiger partial charge in [0.25, 0.3) is 0 Å². The fourth-order valence-corrected chi connectivity index (χ4v) is 1.84. The Hall–Kier alpha value is -1.10. The molecule has 17 heavy (non-hydrogen) atoms. The summed E-state index contributed by atoms with van der Waals surface area (Å²) in [5.41, 5.74) is 4.97. The Bertz CT molecular complexity index is 409. The third kappa shape index (κ3) is 2.97. The van der Waals surface area contributed by atoms with Crippen molar-refractivity contribution in [1.29, 1.82) is 0 Å². The van der Waals surface area contributed by atoms with Crippen LogP contribution in [0.2, 0.25) is 0 Å². The van der Waals surface area contributed by atoms with Gasteiger partial charge in [-0.2, -0.15) is 13.2 Å². The molecule has 1 aromatic carbocycles. The molecule has 0 bridgehead atoms. The molecule has 0 unspecified atom stereocenters. The predicted octanol–water partition coefficient (Wildman–Crippen LogP) is 3.64. The number of alkyl halides is 3. The van der Waals surface area contributed by atoms with Crippen LogP contribution in [0.1, 0.15) is 36.4 Å². The maximum absolute atomic E-state index is 13.5. The lowest BCUT2D eigenvalue weighted by Crippen LogP contribution is -2.14. The highest BCUT2D eigenvalue weighted by atomic mass is 19.4. The van der Waals surface area contributed by atoms with Crippen molar-refractivity contribution in [2.24, 2.45) is 11.7 Å². The van der Waals surface area contributed by atoms with Crippen LogP contribution in [0.15, 0.2) is 18.2 Å². The minimum atomic E-state index is -4.51. The summed E-state index contributed by atoms with van der Waals surface area (Å²) in [6, 6.07) is 2.03. The van der Waals surface area contributed by atoms with Crippen LogP contribution >= 0.6 is 0 Å². The first-order valence-corrected chi connectivity index (χ1v) is 5.50. The van der Waals surface area contributed by atoms with Crippen LogP contribution in [-0.2, 0) is 6.18 Å². The number of nitrogens with two attached hydrogens (primary N) is 1. The molecule has 1 saturated carbocycles. The Morgan fingerprint density at radius 3 is 2.41 bits per heavy atom. The average molecular weight is 247 g/mol. The largest absolute Gasteiger partial charge is 0.416 e. The highest BCUT2D eigenvalue weighted by Gasteiger charge is 2.32. The minimum absolute atomic E-state index is 0.171. The molecule has 1 aliphatic carbocycles. The van der Waals surface area contributed by atoms with Crippen LogP contribution < -0.4 is 5.73 Å². The number of hydrogen-bond acceptors (Lipinski definition) is 1. The van der Waals surface area contributed by atoms with Crippen molar-refractivity contribution in [3.05, 3.63) is 35.1 Å².